The molecule has 0 saturated carbocycles. The minimum atomic E-state index is -0.387. The van der Waals surface area contributed by atoms with Gasteiger partial charge in [-0.15, -0.1) is 6.42 Å². The Bertz CT molecular complexity index is 801. The van der Waals surface area contributed by atoms with Crippen LogP contribution in [0.4, 0.5) is 5.69 Å². The summed E-state index contributed by atoms with van der Waals surface area (Å²) in [6.45, 7) is 0.0222. The van der Waals surface area contributed by atoms with Gasteiger partial charge < -0.3 is 4.84 Å². The highest BCUT2D eigenvalue weighted by Gasteiger charge is 2.25. The van der Waals surface area contributed by atoms with Crippen LogP contribution in [0.15, 0.2) is 35.9 Å². The second kappa shape index (κ2) is 9.11. The first kappa shape index (κ1) is 18.8. The number of thioether (sulfide) groups is 1. The van der Waals surface area contributed by atoms with Crippen LogP contribution in [-0.2, 0) is 9.63 Å². The highest BCUT2D eigenvalue weighted by molar-refractivity contribution is 7.99. The Labute approximate surface area is 155 Å². The number of anilines is 1. The number of pyridine rings is 1. The van der Waals surface area contributed by atoms with Gasteiger partial charge >= 0.3 is 0 Å². The molecule has 0 fully saturated rings. The molecular formula is C16H16ClN5O2S. The van der Waals surface area contributed by atoms with Crippen LogP contribution in [0.5, 0.6) is 0 Å². The van der Waals surface area contributed by atoms with Gasteiger partial charge in [0.2, 0.25) is 0 Å². The monoisotopic (exact) mass is 377 g/mol. The highest BCUT2D eigenvalue weighted by Crippen LogP contribution is 2.26. The van der Waals surface area contributed by atoms with E-state index in [2.05, 4.69) is 21.2 Å². The third kappa shape index (κ3) is 4.53. The number of nitrogens with zero attached hydrogens (tertiary/aromatic N) is 5. The lowest BCUT2D eigenvalue weighted by atomic mass is 10.3. The summed E-state index contributed by atoms with van der Waals surface area (Å²) in [5.74, 6) is 2.45. The molecule has 0 atom stereocenters. The van der Waals surface area contributed by atoms with E-state index in [-0.39, 0.29) is 23.3 Å². The van der Waals surface area contributed by atoms with Gasteiger partial charge in [0, 0.05) is 11.9 Å². The van der Waals surface area contributed by atoms with Crippen molar-refractivity contribution in [3.05, 3.63) is 35.9 Å². The van der Waals surface area contributed by atoms with E-state index in [1.807, 2.05) is 12.3 Å². The maximum atomic E-state index is 12.8. The van der Waals surface area contributed by atoms with Crippen molar-refractivity contribution < 1.29 is 9.63 Å². The molecule has 0 aromatic carbocycles. The Morgan fingerprint density at radius 1 is 1.60 bits per heavy atom. The van der Waals surface area contributed by atoms with Gasteiger partial charge in [0.1, 0.15) is 12.8 Å². The molecule has 7 nitrogen and oxygen atoms in total. The zero-order valence-electron chi connectivity index (χ0n) is 13.7. The first-order valence-electron chi connectivity index (χ1n) is 7.12. The summed E-state index contributed by atoms with van der Waals surface area (Å²) in [6, 6.07) is 3.59. The van der Waals surface area contributed by atoms with Crippen molar-refractivity contribution in [2.45, 2.75) is 0 Å². The van der Waals surface area contributed by atoms with Crippen LogP contribution in [0.1, 0.15) is 0 Å². The molecule has 0 radical (unpaired) electrons. The number of halogens is 1. The van der Waals surface area contributed by atoms with E-state index in [1.165, 1.54) is 28.5 Å². The van der Waals surface area contributed by atoms with Crippen LogP contribution in [0.25, 0.3) is 5.69 Å². The molecule has 0 aliphatic rings. The van der Waals surface area contributed by atoms with Crippen molar-refractivity contribution in [2.75, 3.05) is 30.6 Å². The van der Waals surface area contributed by atoms with Crippen LogP contribution in [0.2, 0.25) is 5.15 Å². The second-order valence-electron chi connectivity index (χ2n) is 4.71. The first-order chi connectivity index (χ1) is 12.1. The van der Waals surface area contributed by atoms with Gasteiger partial charge in [0.25, 0.3) is 5.91 Å². The summed E-state index contributed by atoms with van der Waals surface area (Å²) in [4.78, 5) is 23.0. The molecule has 0 spiro atoms. The fourth-order valence-electron chi connectivity index (χ4n) is 2.03. The van der Waals surface area contributed by atoms with Crippen molar-refractivity contribution >= 4 is 40.7 Å². The predicted molar refractivity (Wildman–Crippen MR) is 100 cm³/mol. The molecule has 130 valence electrons. The highest BCUT2D eigenvalue weighted by atomic mass is 35.5. The third-order valence-corrected chi connectivity index (χ3v) is 3.91. The van der Waals surface area contributed by atoms with Crippen molar-refractivity contribution in [3.63, 3.8) is 0 Å². The summed E-state index contributed by atoms with van der Waals surface area (Å²) < 4.78 is 1.53. The molecular weight excluding hydrogens is 362 g/mol. The smallest absolute Gasteiger partial charge is 0.277 e. The van der Waals surface area contributed by atoms with Gasteiger partial charge in [-0.2, -0.15) is 16.9 Å². The van der Waals surface area contributed by atoms with Gasteiger partial charge in [0.15, 0.2) is 10.9 Å². The number of carbonyl (C=O) groups is 1. The van der Waals surface area contributed by atoms with E-state index in [0.717, 1.165) is 0 Å². The number of carbonyl (C=O) groups excluding carboxylic acids is 1. The normalized spacial score (nSPS) is 11.0. The maximum Gasteiger partial charge on any atom is 0.277 e. The summed E-state index contributed by atoms with van der Waals surface area (Å²) in [5.41, 5.74) is 1.33. The lowest BCUT2D eigenvalue weighted by molar-refractivity contribution is -0.112. The second-order valence-corrected chi connectivity index (χ2v) is 5.93. The van der Waals surface area contributed by atoms with Crippen LogP contribution in [-0.4, -0.2) is 52.0 Å². The van der Waals surface area contributed by atoms with E-state index in [4.69, 9.17) is 22.9 Å². The molecule has 9 heteroatoms. The number of terminal acetylenes is 1. The number of hydrogen-bond donors (Lipinski definition) is 0. The van der Waals surface area contributed by atoms with Crippen molar-refractivity contribution in [3.8, 4) is 18.0 Å². The summed E-state index contributed by atoms with van der Waals surface area (Å²) in [5, 5.41) is 8.16. The Hall–Kier alpha value is -2.50. The molecule has 2 rings (SSSR count). The molecule has 0 N–H and O–H groups in total. The fourth-order valence-corrected chi connectivity index (χ4v) is 2.72. The fraction of sp³-hybridized carbons (Fsp3) is 0.250. The van der Waals surface area contributed by atoms with Crippen molar-refractivity contribution in [1.29, 1.82) is 0 Å². The van der Waals surface area contributed by atoms with Crippen molar-refractivity contribution in [2.24, 2.45) is 5.16 Å². The number of rotatable bonds is 7. The molecule has 25 heavy (non-hydrogen) atoms. The zero-order valence-corrected chi connectivity index (χ0v) is 15.3. The molecule has 2 aromatic heterocycles. The summed E-state index contributed by atoms with van der Waals surface area (Å²) in [7, 11) is 1.38. The molecule has 0 bridgehead atoms. The van der Waals surface area contributed by atoms with Gasteiger partial charge in [0.05, 0.1) is 24.6 Å². The standard InChI is InChI=1S/C16H16ClN5O2S/c1-4-8-21(16(23)13(11-25-3)20-24-2)14-10-22(19-15(14)17)12-6-5-7-18-9-12/h1,5-7,9-10H,8,11H2,2-3H3/b20-13+. The predicted octanol–water partition coefficient (Wildman–Crippen LogP) is 2.25. The molecule has 0 aliphatic heterocycles. The Morgan fingerprint density at radius 2 is 2.40 bits per heavy atom. The molecule has 0 unspecified atom stereocenters. The minimum Gasteiger partial charge on any atom is -0.399 e. The Balaban J connectivity index is 2.41. The quantitative estimate of drug-likeness (QED) is 0.420. The van der Waals surface area contributed by atoms with Gasteiger partial charge in [-0.25, -0.2) is 4.68 Å². The van der Waals surface area contributed by atoms with E-state index in [9.17, 15) is 4.79 Å². The molecule has 2 heterocycles. The molecule has 2 aromatic rings. The minimum absolute atomic E-state index is 0.0222. The van der Waals surface area contributed by atoms with E-state index < -0.39 is 0 Å². The van der Waals surface area contributed by atoms with Crippen LogP contribution in [0.3, 0.4) is 0 Å². The number of amides is 1. The SMILES string of the molecule is C#CCN(C(=O)/C(CSC)=N/OC)c1cn(-c2cccnc2)nc1Cl. The number of oxime groups is 1. The van der Waals surface area contributed by atoms with E-state index in [1.54, 1.807) is 24.7 Å². The summed E-state index contributed by atoms with van der Waals surface area (Å²) >= 11 is 7.68. The largest absolute Gasteiger partial charge is 0.399 e. The first-order valence-corrected chi connectivity index (χ1v) is 8.89. The Morgan fingerprint density at radius 3 is 3.00 bits per heavy atom. The van der Waals surface area contributed by atoms with Crippen LogP contribution >= 0.6 is 23.4 Å². The lowest BCUT2D eigenvalue weighted by Crippen LogP contribution is -2.38. The summed E-state index contributed by atoms with van der Waals surface area (Å²) in [6.07, 6.45) is 12.2. The third-order valence-electron chi connectivity index (χ3n) is 3.08. The average Bonchev–Trinajstić information content (AvgIpc) is 3.01. The Kier molecular flexibility index (Phi) is 6.86. The van der Waals surface area contributed by atoms with Gasteiger partial charge in [-0.3, -0.25) is 14.7 Å². The lowest BCUT2D eigenvalue weighted by Gasteiger charge is -2.19. The maximum absolute atomic E-state index is 12.8. The van der Waals surface area contributed by atoms with Gasteiger partial charge in [-0.05, 0) is 18.4 Å². The topological polar surface area (TPSA) is 72.6 Å². The average molecular weight is 378 g/mol. The van der Waals surface area contributed by atoms with Gasteiger partial charge in [-0.1, -0.05) is 22.7 Å². The van der Waals surface area contributed by atoms with Crippen molar-refractivity contribution in [1.82, 2.24) is 14.8 Å². The zero-order chi connectivity index (χ0) is 18.2. The molecule has 0 saturated heterocycles. The van der Waals surface area contributed by atoms with E-state index in [0.29, 0.717) is 17.1 Å². The number of aromatic nitrogens is 3. The van der Waals surface area contributed by atoms with E-state index >= 15 is 0 Å². The molecule has 0 aliphatic carbocycles. The number of hydrogen-bond acceptors (Lipinski definition) is 6. The van der Waals surface area contributed by atoms with Crippen LogP contribution in [0, 0.1) is 12.3 Å². The molecule has 1 amide bonds. The van der Waals surface area contributed by atoms with Crippen LogP contribution < -0.4 is 4.90 Å².